The molecule has 0 aliphatic carbocycles. The predicted octanol–water partition coefficient (Wildman–Crippen LogP) is 4.81. The van der Waals surface area contributed by atoms with Crippen molar-refractivity contribution >= 4 is 17.5 Å². The Hall–Kier alpha value is -2.86. The van der Waals surface area contributed by atoms with Crippen molar-refractivity contribution in [2.45, 2.75) is 25.7 Å². The van der Waals surface area contributed by atoms with Crippen LogP contribution in [0.2, 0.25) is 5.02 Å². The number of para-hydroxylation sites is 1. The molecule has 2 aromatic carbocycles. The van der Waals surface area contributed by atoms with Gasteiger partial charge in [0.1, 0.15) is 5.75 Å². The molecule has 150 valence electrons. The predicted molar refractivity (Wildman–Crippen MR) is 110 cm³/mol. The first-order chi connectivity index (χ1) is 14.2. The summed E-state index contributed by atoms with van der Waals surface area (Å²) >= 11 is 5.93. The summed E-state index contributed by atoms with van der Waals surface area (Å²) in [5.41, 5.74) is 1.47. The fourth-order valence-electron chi connectivity index (χ4n) is 3.54. The monoisotopic (exact) mass is 411 g/mol. The quantitative estimate of drug-likeness (QED) is 0.602. The lowest BCUT2D eigenvalue weighted by molar-refractivity contribution is 0.0700. The number of carbonyl (C=O) groups excluding carboxylic acids is 1. The summed E-state index contributed by atoms with van der Waals surface area (Å²) < 4.78 is 11.1. The van der Waals surface area contributed by atoms with Gasteiger partial charge in [0.15, 0.2) is 0 Å². The second kappa shape index (κ2) is 8.66. The van der Waals surface area contributed by atoms with E-state index in [9.17, 15) is 4.79 Å². The molecule has 2 heterocycles. The largest absolute Gasteiger partial charge is 0.493 e. The molecule has 0 bridgehead atoms. The molecule has 1 amide bonds. The third-order valence-corrected chi connectivity index (χ3v) is 5.34. The minimum absolute atomic E-state index is 0.000109. The number of likely N-dealkylation sites (tertiary alicyclic amines) is 1. The number of carbonyl (C=O) groups is 1. The van der Waals surface area contributed by atoms with Crippen molar-refractivity contribution in [2.75, 3.05) is 19.7 Å². The zero-order chi connectivity index (χ0) is 20.2. The molecule has 1 fully saturated rings. The summed E-state index contributed by atoms with van der Waals surface area (Å²) in [6.07, 6.45) is 1.57. The van der Waals surface area contributed by atoms with E-state index in [2.05, 4.69) is 10.1 Å². The van der Waals surface area contributed by atoms with Crippen molar-refractivity contribution in [2.24, 2.45) is 0 Å². The number of benzene rings is 2. The normalized spacial score (nSPS) is 14.8. The Morgan fingerprint density at radius 2 is 1.90 bits per heavy atom. The van der Waals surface area contributed by atoms with E-state index < -0.39 is 0 Å². The van der Waals surface area contributed by atoms with Gasteiger partial charge in [0, 0.05) is 29.6 Å². The van der Waals surface area contributed by atoms with Gasteiger partial charge in [-0.1, -0.05) is 28.9 Å². The Morgan fingerprint density at radius 1 is 1.17 bits per heavy atom. The second-order valence-electron chi connectivity index (χ2n) is 6.96. The van der Waals surface area contributed by atoms with Crippen LogP contribution >= 0.6 is 11.6 Å². The van der Waals surface area contributed by atoms with Crippen LogP contribution in [0.25, 0.3) is 11.4 Å². The molecular weight excluding hydrogens is 390 g/mol. The molecule has 3 aromatic rings. The van der Waals surface area contributed by atoms with Crippen LogP contribution in [0.15, 0.2) is 53.1 Å². The molecule has 7 heteroatoms. The van der Waals surface area contributed by atoms with E-state index >= 15 is 0 Å². The van der Waals surface area contributed by atoms with Gasteiger partial charge in [-0.2, -0.15) is 4.98 Å². The molecule has 4 rings (SSSR count). The van der Waals surface area contributed by atoms with E-state index in [0.29, 0.717) is 47.7 Å². The van der Waals surface area contributed by atoms with Crippen LogP contribution in [0.4, 0.5) is 0 Å². The van der Waals surface area contributed by atoms with Crippen LogP contribution in [-0.4, -0.2) is 40.6 Å². The topological polar surface area (TPSA) is 68.5 Å². The molecule has 1 saturated heterocycles. The van der Waals surface area contributed by atoms with E-state index in [1.165, 1.54) is 0 Å². The second-order valence-corrected chi connectivity index (χ2v) is 7.40. The number of hydrogen-bond acceptors (Lipinski definition) is 5. The minimum Gasteiger partial charge on any atom is -0.493 e. The van der Waals surface area contributed by atoms with Crippen LogP contribution in [0.1, 0.15) is 41.9 Å². The third kappa shape index (κ3) is 4.27. The lowest BCUT2D eigenvalue weighted by Gasteiger charge is -2.30. The molecule has 1 aliphatic rings. The molecule has 0 spiro atoms. The Balaban J connectivity index is 1.41. The van der Waals surface area contributed by atoms with Crippen LogP contribution in [0.5, 0.6) is 5.75 Å². The molecule has 0 atom stereocenters. The summed E-state index contributed by atoms with van der Waals surface area (Å²) in [6, 6.07) is 14.7. The first-order valence-corrected chi connectivity index (χ1v) is 10.1. The Kier molecular flexibility index (Phi) is 5.81. The maximum absolute atomic E-state index is 12.9. The minimum atomic E-state index is -0.000109. The Bertz CT molecular complexity index is 979. The molecule has 0 radical (unpaired) electrons. The fraction of sp³-hybridized carbons (Fsp3) is 0.318. The van der Waals surface area contributed by atoms with Gasteiger partial charge in [-0.05, 0) is 56.2 Å². The van der Waals surface area contributed by atoms with Crippen molar-refractivity contribution in [3.8, 4) is 17.1 Å². The maximum Gasteiger partial charge on any atom is 0.257 e. The van der Waals surface area contributed by atoms with Crippen molar-refractivity contribution in [3.05, 3.63) is 65.0 Å². The van der Waals surface area contributed by atoms with Gasteiger partial charge in [-0.25, -0.2) is 0 Å². The summed E-state index contributed by atoms with van der Waals surface area (Å²) in [6.45, 7) is 3.72. The van der Waals surface area contributed by atoms with Crippen molar-refractivity contribution in [3.63, 3.8) is 0 Å². The Morgan fingerprint density at radius 3 is 2.62 bits per heavy atom. The number of halogens is 1. The number of piperidine rings is 1. The highest BCUT2D eigenvalue weighted by Gasteiger charge is 2.29. The van der Waals surface area contributed by atoms with Crippen LogP contribution in [0.3, 0.4) is 0 Å². The summed E-state index contributed by atoms with van der Waals surface area (Å²) in [5, 5.41) is 4.77. The smallest absolute Gasteiger partial charge is 0.257 e. The molecule has 6 nitrogen and oxygen atoms in total. The number of ether oxygens (including phenoxy) is 1. The van der Waals surface area contributed by atoms with Crippen molar-refractivity contribution in [1.82, 2.24) is 15.0 Å². The first-order valence-electron chi connectivity index (χ1n) is 9.76. The van der Waals surface area contributed by atoms with Gasteiger partial charge < -0.3 is 14.2 Å². The highest BCUT2D eigenvalue weighted by Crippen LogP contribution is 2.30. The lowest BCUT2D eigenvalue weighted by atomic mass is 9.96. The van der Waals surface area contributed by atoms with Gasteiger partial charge in [-0.15, -0.1) is 0 Å². The molecule has 0 unspecified atom stereocenters. The number of hydrogen-bond donors (Lipinski definition) is 0. The van der Waals surface area contributed by atoms with Crippen molar-refractivity contribution < 1.29 is 14.1 Å². The standard InChI is InChI=1S/C22H22ClN3O3/c1-2-28-19-6-4-3-5-18(19)22(27)26-13-11-16(12-14-26)21-24-20(25-29-21)15-7-9-17(23)10-8-15/h3-10,16H,2,11-14H2,1H3. The number of rotatable bonds is 5. The summed E-state index contributed by atoms with van der Waals surface area (Å²) in [4.78, 5) is 19.4. The zero-order valence-corrected chi connectivity index (χ0v) is 16.9. The molecule has 0 N–H and O–H groups in total. The molecule has 1 aliphatic heterocycles. The number of aromatic nitrogens is 2. The molecular formula is C22H22ClN3O3. The third-order valence-electron chi connectivity index (χ3n) is 5.09. The number of amides is 1. The van der Waals surface area contributed by atoms with Gasteiger partial charge in [0.2, 0.25) is 11.7 Å². The van der Waals surface area contributed by atoms with Gasteiger partial charge in [-0.3, -0.25) is 4.79 Å². The SMILES string of the molecule is CCOc1ccccc1C(=O)N1CCC(c2nc(-c3ccc(Cl)cc3)no2)CC1. The lowest BCUT2D eigenvalue weighted by Crippen LogP contribution is -2.38. The van der Waals surface area contributed by atoms with Crippen LogP contribution in [0, 0.1) is 0 Å². The van der Waals surface area contributed by atoms with Crippen LogP contribution in [-0.2, 0) is 0 Å². The molecule has 29 heavy (non-hydrogen) atoms. The van der Waals surface area contributed by atoms with Gasteiger partial charge in [0.05, 0.1) is 12.2 Å². The first kappa shape index (κ1) is 19.5. The van der Waals surface area contributed by atoms with E-state index in [0.717, 1.165) is 18.4 Å². The van der Waals surface area contributed by atoms with Gasteiger partial charge in [0.25, 0.3) is 5.91 Å². The van der Waals surface area contributed by atoms with E-state index in [1.807, 2.05) is 48.2 Å². The fourth-order valence-corrected chi connectivity index (χ4v) is 3.67. The zero-order valence-electron chi connectivity index (χ0n) is 16.2. The molecule has 1 aromatic heterocycles. The van der Waals surface area contributed by atoms with Crippen molar-refractivity contribution in [1.29, 1.82) is 0 Å². The summed E-state index contributed by atoms with van der Waals surface area (Å²) in [5.74, 6) is 1.96. The molecule has 0 saturated carbocycles. The highest BCUT2D eigenvalue weighted by atomic mass is 35.5. The summed E-state index contributed by atoms with van der Waals surface area (Å²) in [7, 11) is 0. The average molecular weight is 412 g/mol. The average Bonchev–Trinajstić information content (AvgIpc) is 3.25. The van der Waals surface area contributed by atoms with E-state index in [1.54, 1.807) is 12.1 Å². The Labute approximate surface area is 174 Å². The van der Waals surface area contributed by atoms with Gasteiger partial charge >= 0.3 is 0 Å². The highest BCUT2D eigenvalue weighted by molar-refractivity contribution is 6.30. The number of nitrogens with zero attached hydrogens (tertiary/aromatic N) is 3. The maximum atomic E-state index is 12.9. The van der Waals surface area contributed by atoms with E-state index in [-0.39, 0.29) is 11.8 Å². The van der Waals surface area contributed by atoms with Crippen LogP contribution < -0.4 is 4.74 Å². The van der Waals surface area contributed by atoms with E-state index in [4.69, 9.17) is 20.9 Å².